The molecule has 0 bridgehead atoms. The van der Waals surface area contributed by atoms with Crippen LogP contribution in [-0.4, -0.2) is 57.6 Å². The Hall–Kier alpha value is -3.80. The van der Waals surface area contributed by atoms with Crippen LogP contribution in [-0.2, 0) is 20.7 Å². The van der Waals surface area contributed by atoms with E-state index in [-0.39, 0.29) is 30.3 Å². The summed E-state index contributed by atoms with van der Waals surface area (Å²) in [4.78, 5) is 40.2. The Morgan fingerprint density at radius 3 is 2.51 bits per heavy atom. The molecule has 11 nitrogen and oxygen atoms in total. The van der Waals surface area contributed by atoms with E-state index in [1.807, 2.05) is 26.8 Å². The molecule has 3 aliphatic heterocycles. The second-order valence-corrected chi connectivity index (χ2v) is 9.55. The van der Waals surface area contributed by atoms with Crippen molar-refractivity contribution in [1.82, 2.24) is 25.6 Å². The number of hydrogen-bond donors (Lipinski definition) is 2. The molecule has 0 radical (unpaired) electrons. The van der Waals surface area contributed by atoms with Gasteiger partial charge in [0.15, 0.2) is 11.2 Å². The number of nitrogens with one attached hydrogen (secondary N) is 2. The first-order chi connectivity index (χ1) is 16.6. The number of halogens is 1. The summed E-state index contributed by atoms with van der Waals surface area (Å²) in [5.41, 5.74) is 0.473. The van der Waals surface area contributed by atoms with Gasteiger partial charge in [0.25, 0.3) is 0 Å². The lowest BCUT2D eigenvalue weighted by molar-refractivity contribution is -0.153. The molecule has 2 aromatic heterocycles. The summed E-state index contributed by atoms with van der Waals surface area (Å²) in [7, 11) is 0. The largest absolute Gasteiger partial charge is 0.372 e. The average molecular weight is 482 g/mol. The fourth-order valence-corrected chi connectivity index (χ4v) is 5.93. The van der Waals surface area contributed by atoms with Crippen LogP contribution in [0.25, 0.3) is 16.8 Å². The number of fused-ring (bicyclic) bond motifs is 5. The van der Waals surface area contributed by atoms with Gasteiger partial charge in [0.2, 0.25) is 23.2 Å². The van der Waals surface area contributed by atoms with Gasteiger partial charge in [-0.1, -0.05) is 5.16 Å². The summed E-state index contributed by atoms with van der Waals surface area (Å²) in [6, 6.07) is 1.83. The van der Waals surface area contributed by atoms with Gasteiger partial charge in [0, 0.05) is 18.7 Å². The number of amides is 4. The molecule has 182 valence electrons. The minimum absolute atomic E-state index is 0.0412. The molecule has 3 aliphatic rings. The highest BCUT2D eigenvalue weighted by Gasteiger charge is 2.63. The van der Waals surface area contributed by atoms with E-state index < -0.39 is 41.2 Å². The summed E-state index contributed by atoms with van der Waals surface area (Å²) >= 11 is 0. The lowest BCUT2D eigenvalue weighted by atomic mass is 9.66. The summed E-state index contributed by atoms with van der Waals surface area (Å²) in [6.07, 6.45) is -1.03. The molecule has 1 aromatic carbocycles. The van der Waals surface area contributed by atoms with Gasteiger partial charge < -0.3 is 14.2 Å². The molecule has 2 N–H and O–H groups in total. The first-order valence-corrected chi connectivity index (χ1v) is 11.3. The highest BCUT2D eigenvalue weighted by atomic mass is 19.1. The fraction of sp³-hybridized carbons (Fsp3) is 0.435. The summed E-state index contributed by atoms with van der Waals surface area (Å²) in [5, 5.41) is 13.3. The van der Waals surface area contributed by atoms with Crippen LogP contribution in [0.4, 0.5) is 14.9 Å². The van der Waals surface area contributed by atoms with Crippen molar-refractivity contribution in [3.8, 4) is 5.82 Å². The van der Waals surface area contributed by atoms with Gasteiger partial charge in [0.05, 0.1) is 35.0 Å². The smallest absolute Gasteiger partial charge is 0.328 e. The van der Waals surface area contributed by atoms with Crippen molar-refractivity contribution in [2.24, 2.45) is 5.41 Å². The first-order valence-electron chi connectivity index (χ1n) is 11.3. The van der Waals surface area contributed by atoms with Crippen molar-refractivity contribution in [2.75, 3.05) is 11.4 Å². The molecule has 3 atom stereocenters. The van der Waals surface area contributed by atoms with Gasteiger partial charge in [-0.3, -0.25) is 20.2 Å². The third-order valence-electron chi connectivity index (χ3n) is 7.16. The van der Waals surface area contributed by atoms with Gasteiger partial charge in [0.1, 0.15) is 0 Å². The van der Waals surface area contributed by atoms with Gasteiger partial charge >= 0.3 is 6.03 Å². The monoisotopic (exact) mass is 482 g/mol. The van der Waals surface area contributed by atoms with E-state index in [1.54, 1.807) is 22.6 Å². The molecule has 2 fully saturated rings. The number of aryl methyl sites for hydroxylation is 2. The van der Waals surface area contributed by atoms with Crippen molar-refractivity contribution in [3.63, 3.8) is 0 Å². The molecule has 3 aromatic rings. The second kappa shape index (κ2) is 7.11. The fourth-order valence-electron chi connectivity index (χ4n) is 5.93. The number of carbonyl (C=O) groups is 3. The number of morpholine rings is 1. The number of carbonyl (C=O) groups excluding carboxylic acids is 3. The summed E-state index contributed by atoms with van der Waals surface area (Å²) in [6.45, 7) is 7.49. The molecule has 4 amide bonds. The average Bonchev–Trinajstić information content (AvgIpc) is 3.33. The van der Waals surface area contributed by atoms with Crippen LogP contribution in [0.3, 0.4) is 0 Å². The molecule has 2 saturated heterocycles. The van der Waals surface area contributed by atoms with Crippen molar-refractivity contribution in [3.05, 3.63) is 34.9 Å². The summed E-state index contributed by atoms with van der Waals surface area (Å²) < 4.78 is 29.1. The molecule has 6 rings (SSSR count). The number of barbiturate groups is 1. The van der Waals surface area contributed by atoms with Gasteiger partial charge in [-0.05, 0) is 45.4 Å². The lowest BCUT2D eigenvalue weighted by Crippen LogP contribution is -2.75. The van der Waals surface area contributed by atoms with Crippen molar-refractivity contribution >= 4 is 34.5 Å². The number of benzene rings is 1. The second-order valence-electron chi connectivity index (χ2n) is 9.55. The molecule has 0 aliphatic carbocycles. The number of rotatable bonds is 1. The van der Waals surface area contributed by atoms with Crippen LogP contribution < -0.4 is 15.5 Å². The zero-order valence-corrected chi connectivity index (χ0v) is 19.5. The van der Waals surface area contributed by atoms with E-state index in [1.165, 1.54) is 0 Å². The van der Waals surface area contributed by atoms with Crippen LogP contribution in [0.1, 0.15) is 30.8 Å². The summed E-state index contributed by atoms with van der Waals surface area (Å²) in [5.74, 6) is -1.80. The molecular formula is C23H23FN6O5. The third-order valence-corrected chi connectivity index (χ3v) is 7.16. The maximum atomic E-state index is 16.1. The number of hydrogen-bond acceptors (Lipinski definition) is 8. The number of aromatic nitrogens is 3. The van der Waals surface area contributed by atoms with E-state index >= 15 is 4.39 Å². The topological polar surface area (TPSA) is 132 Å². The van der Waals surface area contributed by atoms with Crippen LogP contribution in [0.15, 0.2) is 16.7 Å². The highest BCUT2D eigenvalue weighted by Crippen LogP contribution is 2.49. The van der Waals surface area contributed by atoms with Crippen LogP contribution in [0.5, 0.6) is 0 Å². The van der Waals surface area contributed by atoms with Crippen LogP contribution in [0.2, 0.25) is 0 Å². The molecular weight excluding hydrogens is 459 g/mol. The SMILES string of the molecule is Cc1cc(C)n(-c2noc3c(F)c4c(cc23)CC2(C(=O)NC(=O)NC2=O)[C@H]2[C@H](C)O[C@H](C)CN42)n1. The zero-order chi connectivity index (χ0) is 24.8. The Balaban J connectivity index is 1.61. The van der Waals surface area contributed by atoms with E-state index in [2.05, 4.69) is 20.9 Å². The number of ether oxygens (including phenoxy) is 1. The Morgan fingerprint density at radius 2 is 1.86 bits per heavy atom. The molecule has 5 heterocycles. The quantitative estimate of drug-likeness (QED) is 0.501. The minimum atomic E-state index is -1.70. The number of anilines is 1. The number of urea groups is 1. The predicted octanol–water partition coefficient (Wildman–Crippen LogP) is 1.66. The molecule has 12 heteroatoms. The van der Waals surface area contributed by atoms with E-state index in [0.29, 0.717) is 16.8 Å². The van der Waals surface area contributed by atoms with Crippen LogP contribution >= 0.6 is 0 Å². The van der Waals surface area contributed by atoms with E-state index in [0.717, 1.165) is 11.4 Å². The molecule has 0 saturated carbocycles. The normalized spacial score (nSPS) is 25.5. The Bertz CT molecular complexity index is 1420. The highest BCUT2D eigenvalue weighted by molar-refractivity contribution is 6.20. The van der Waals surface area contributed by atoms with Gasteiger partial charge in [-0.25, -0.2) is 13.9 Å². The van der Waals surface area contributed by atoms with E-state index in [9.17, 15) is 14.4 Å². The zero-order valence-electron chi connectivity index (χ0n) is 19.5. The van der Waals surface area contributed by atoms with E-state index in [4.69, 9.17) is 9.26 Å². The first kappa shape index (κ1) is 21.7. The lowest BCUT2D eigenvalue weighted by Gasteiger charge is -2.55. The Kier molecular flexibility index (Phi) is 4.41. The standard InChI is InChI=1S/C23H23FN6O5/c1-9-5-10(2)30(27-9)19-14-6-13-7-23(20(31)25-22(33)26-21(23)32)18-12(4)34-11(3)8-29(18)16(13)15(24)17(14)35-28-19/h5-6,11-12,18H,7-8H2,1-4H3,(H2,25,26,31,32,33)/t11-,12+,18-/m1/s1. The van der Waals surface area contributed by atoms with Gasteiger partial charge in [-0.2, -0.15) is 5.10 Å². The van der Waals surface area contributed by atoms with Crippen molar-refractivity contribution < 1.29 is 28.0 Å². The number of nitrogens with zero attached hydrogens (tertiary/aromatic N) is 4. The third kappa shape index (κ3) is 2.83. The Labute approximate surface area is 198 Å². The molecule has 0 unspecified atom stereocenters. The maximum absolute atomic E-state index is 16.1. The predicted molar refractivity (Wildman–Crippen MR) is 120 cm³/mol. The minimum Gasteiger partial charge on any atom is -0.372 e. The Morgan fingerprint density at radius 1 is 1.14 bits per heavy atom. The van der Waals surface area contributed by atoms with Crippen molar-refractivity contribution in [1.29, 1.82) is 0 Å². The maximum Gasteiger partial charge on any atom is 0.328 e. The van der Waals surface area contributed by atoms with Crippen LogP contribution in [0, 0.1) is 25.1 Å². The number of imide groups is 2. The molecule has 35 heavy (non-hydrogen) atoms. The molecule has 1 spiro atoms. The van der Waals surface area contributed by atoms with Gasteiger partial charge in [-0.15, -0.1) is 0 Å². The van der Waals surface area contributed by atoms with Crippen molar-refractivity contribution in [2.45, 2.75) is 52.4 Å².